The predicted octanol–water partition coefficient (Wildman–Crippen LogP) is 0.272. The first-order chi connectivity index (χ1) is 3.77. The summed E-state index contributed by atoms with van der Waals surface area (Å²) >= 11 is 4.66. The molecule has 8 heavy (non-hydrogen) atoms. The van der Waals surface area contributed by atoms with E-state index in [1.165, 1.54) is 0 Å². The minimum atomic E-state index is 0.611. The third-order valence-electron chi connectivity index (χ3n) is 0.850. The molecule has 0 aromatic rings. The Balaban J connectivity index is 2.82. The van der Waals surface area contributed by atoms with Crippen LogP contribution in [0.4, 0.5) is 0 Å². The Hall–Kier alpha value is -0.150. The second-order valence-electron chi connectivity index (χ2n) is 1.67. The van der Waals surface area contributed by atoms with Crippen molar-refractivity contribution in [2.75, 3.05) is 13.6 Å². The van der Waals surface area contributed by atoms with E-state index in [2.05, 4.69) is 17.5 Å². The van der Waals surface area contributed by atoms with E-state index in [-0.39, 0.29) is 0 Å². The lowest BCUT2D eigenvalue weighted by atomic mass is 10.3. The number of rotatable bonds is 4. The van der Waals surface area contributed by atoms with Gasteiger partial charge in [-0.3, -0.25) is 0 Å². The van der Waals surface area contributed by atoms with Crippen molar-refractivity contribution >= 4 is 17.2 Å². The molecule has 0 unspecified atom stereocenters. The van der Waals surface area contributed by atoms with Crippen LogP contribution < -0.4 is 11.1 Å². The van der Waals surface area contributed by atoms with Crippen molar-refractivity contribution in [3.63, 3.8) is 0 Å². The van der Waals surface area contributed by atoms with E-state index in [1.807, 2.05) is 7.05 Å². The molecular weight excluding hydrogens is 120 g/mol. The first-order valence-electron chi connectivity index (χ1n) is 2.70. The molecule has 0 rings (SSSR count). The molecule has 0 aliphatic heterocycles. The molecule has 0 aromatic carbocycles. The van der Waals surface area contributed by atoms with E-state index in [9.17, 15) is 0 Å². The van der Waals surface area contributed by atoms with E-state index >= 15 is 0 Å². The smallest absolute Gasteiger partial charge is 0.0727 e. The highest BCUT2D eigenvalue weighted by Gasteiger charge is 1.86. The fraction of sp³-hybridized carbons (Fsp3) is 0.800. The number of hydrogen-bond acceptors (Lipinski definition) is 2. The van der Waals surface area contributed by atoms with Gasteiger partial charge in [-0.15, -0.1) is 0 Å². The van der Waals surface area contributed by atoms with E-state index in [0.29, 0.717) is 4.99 Å². The number of thiocarbonyl (C=S) groups is 1. The summed E-state index contributed by atoms with van der Waals surface area (Å²) in [5.74, 6) is 0. The summed E-state index contributed by atoms with van der Waals surface area (Å²) in [5.41, 5.74) is 5.24. The molecule has 0 spiro atoms. The quantitative estimate of drug-likeness (QED) is 0.426. The van der Waals surface area contributed by atoms with Crippen LogP contribution in [0.3, 0.4) is 0 Å². The maximum Gasteiger partial charge on any atom is 0.0727 e. The molecule has 0 aromatic heterocycles. The van der Waals surface area contributed by atoms with Crippen LogP contribution in [0.15, 0.2) is 0 Å². The Kier molecular flexibility index (Phi) is 4.90. The molecule has 2 nitrogen and oxygen atoms in total. The van der Waals surface area contributed by atoms with Crippen LogP contribution in [-0.4, -0.2) is 18.6 Å². The van der Waals surface area contributed by atoms with Crippen LogP contribution in [0, 0.1) is 0 Å². The second-order valence-corrected chi connectivity index (χ2v) is 2.20. The first-order valence-corrected chi connectivity index (χ1v) is 3.11. The highest BCUT2D eigenvalue weighted by atomic mass is 32.1. The lowest BCUT2D eigenvalue weighted by molar-refractivity contribution is 0.748. The number of nitrogens with two attached hydrogens (primary N) is 1. The molecule has 3 N–H and O–H groups in total. The SMILES string of the molecule is CNCCCC(N)=S. The zero-order chi connectivity index (χ0) is 6.41. The lowest BCUT2D eigenvalue weighted by Gasteiger charge is -1.95. The second kappa shape index (κ2) is 5.00. The average Bonchev–Trinajstić information content (AvgIpc) is 1.66. The van der Waals surface area contributed by atoms with Crippen LogP contribution in [0.2, 0.25) is 0 Å². The highest BCUT2D eigenvalue weighted by molar-refractivity contribution is 7.80. The topological polar surface area (TPSA) is 38.0 Å². The molecule has 0 saturated heterocycles. The third-order valence-corrected chi connectivity index (χ3v) is 1.05. The standard InChI is InChI=1S/C5H12N2S/c1-7-4-2-3-5(6)8/h7H,2-4H2,1H3,(H2,6,8). The van der Waals surface area contributed by atoms with Gasteiger partial charge in [0.05, 0.1) is 4.99 Å². The highest BCUT2D eigenvalue weighted by Crippen LogP contribution is 1.84. The molecule has 3 heteroatoms. The predicted molar refractivity (Wildman–Crippen MR) is 39.9 cm³/mol. The molecule has 48 valence electrons. The van der Waals surface area contributed by atoms with Gasteiger partial charge in [-0.05, 0) is 26.4 Å². The lowest BCUT2D eigenvalue weighted by Crippen LogP contribution is -2.13. The maximum atomic E-state index is 5.24. The van der Waals surface area contributed by atoms with Gasteiger partial charge >= 0.3 is 0 Å². The van der Waals surface area contributed by atoms with Crippen LogP contribution in [0.1, 0.15) is 12.8 Å². The van der Waals surface area contributed by atoms with Gasteiger partial charge in [0.1, 0.15) is 0 Å². The monoisotopic (exact) mass is 132 g/mol. The Labute approximate surface area is 55.4 Å². The summed E-state index contributed by atoms with van der Waals surface area (Å²) in [6, 6.07) is 0. The fourth-order valence-corrected chi connectivity index (χ4v) is 0.584. The van der Waals surface area contributed by atoms with Crippen LogP contribution in [0.25, 0.3) is 0 Å². The van der Waals surface area contributed by atoms with Gasteiger partial charge in [-0.1, -0.05) is 12.2 Å². The molecular formula is C5H12N2S. The molecule has 0 aliphatic rings. The summed E-state index contributed by atoms with van der Waals surface area (Å²) in [7, 11) is 1.92. The van der Waals surface area contributed by atoms with Crippen LogP contribution >= 0.6 is 12.2 Å². The summed E-state index contributed by atoms with van der Waals surface area (Å²) in [6.45, 7) is 0.997. The van der Waals surface area contributed by atoms with Gasteiger partial charge < -0.3 is 11.1 Å². The van der Waals surface area contributed by atoms with Gasteiger partial charge in [0.15, 0.2) is 0 Å². The Bertz CT molecular complexity index is 72.8. The van der Waals surface area contributed by atoms with Gasteiger partial charge in [0, 0.05) is 0 Å². The largest absolute Gasteiger partial charge is 0.393 e. The van der Waals surface area contributed by atoms with Crippen molar-refractivity contribution in [1.82, 2.24) is 5.32 Å². The zero-order valence-corrected chi connectivity index (χ0v) is 5.92. The zero-order valence-electron chi connectivity index (χ0n) is 5.11. The van der Waals surface area contributed by atoms with Crippen LogP contribution in [0.5, 0.6) is 0 Å². The maximum absolute atomic E-state index is 5.24. The summed E-state index contributed by atoms with van der Waals surface area (Å²) < 4.78 is 0. The first kappa shape index (κ1) is 7.85. The van der Waals surface area contributed by atoms with E-state index in [0.717, 1.165) is 19.4 Å². The minimum absolute atomic E-state index is 0.611. The van der Waals surface area contributed by atoms with Gasteiger partial charge in [-0.25, -0.2) is 0 Å². The molecule has 0 amide bonds. The van der Waals surface area contributed by atoms with Crippen LogP contribution in [-0.2, 0) is 0 Å². The summed E-state index contributed by atoms with van der Waals surface area (Å²) in [4.78, 5) is 0.611. The number of nitrogens with one attached hydrogen (secondary N) is 1. The van der Waals surface area contributed by atoms with Crippen molar-refractivity contribution in [3.05, 3.63) is 0 Å². The molecule has 0 aliphatic carbocycles. The van der Waals surface area contributed by atoms with Crippen molar-refractivity contribution in [1.29, 1.82) is 0 Å². The number of hydrogen-bond donors (Lipinski definition) is 2. The van der Waals surface area contributed by atoms with Gasteiger partial charge in [0.25, 0.3) is 0 Å². The normalized spacial score (nSPS) is 9.12. The molecule has 0 saturated carbocycles. The van der Waals surface area contributed by atoms with E-state index in [4.69, 9.17) is 5.73 Å². The van der Waals surface area contributed by atoms with Gasteiger partial charge in [0.2, 0.25) is 0 Å². The Morgan fingerprint density at radius 3 is 2.75 bits per heavy atom. The average molecular weight is 132 g/mol. The third kappa shape index (κ3) is 5.85. The van der Waals surface area contributed by atoms with Crippen molar-refractivity contribution in [2.24, 2.45) is 5.73 Å². The molecule has 0 bridgehead atoms. The molecule has 0 radical (unpaired) electrons. The summed E-state index contributed by atoms with van der Waals surface area (Å²) in [5, 5.41) is 3.01. The fourth-order valence-electron chi connectivity index (χ4n) is 0.439. The molecule has 0 heterocycles. The van der Waals surface area contributed by atoms with E-state index < -0.39 is 0 Å². The van der Waals surface area contributed by atoms with Crippen molar-refractivity contribution in [3.8, 4) is 0 Å². The summed E-state index contributed by atoms with van der Waals surface area (Å²) in [6.07, 6.45) is 1.90. The molecule has 0 atom stereocenters. The molecule has 0 fully saturated rings. The van der Waals surface area contributed by atoms with E-state index in [1.54, 1.807) is 0 Å². The minimum Gasteiger partial charge on any atom is -0.393 e. The Morgan fingerprint density at radius 1 is 1.75 bits per heavy atom. The van der Waals surface area contributed by atoms with Crippen molar-refractivity contribution in [2.45, 2.75) is 12.8 Å². The Morgan fingerprint density at radius 2 is 2.38 bits per heavy atom. The van der Waals surface area contributed by atoms with Gasteiger partial charge in [-0.2, -0.15) is 0 Å². The van der Waals surface area contributed by atoms with Crippen molar-refractivity contribution < 1.29 is 0 Å².